The van der Waals surface area contributed by atoms with E-state index >= 15 is 0 Å². The summed E-state index contributed by atoms with van der Waals surface area (Å²) in [5, 5.41) is 10.6. The van der Waals surface area contributed by atoms with Crippen molar-refractivity contribution in [3.63, 3.8) is 0 Å². The van der Waals surface area contributed by atoms with E-state index in [2.05, 4.69) is 15.6 Å². The van der Waals surface area contributed by atoms with E-state index in [9.17, 15) is 18.0 Å². The Kier molecular flexibility index (Phi) is 5.88. The second kappa shape index (κ2) is 8.60. The molecule has 0 radical (unpaired) electrons. The summed E-state index contributed by atoms with van der Waals surface area (Å²) in [5.74, 6) is -0.653. The van der Waals surface area contributed by atoms with Gasteiger partial charge in [-0.1, -0.05) is 16.4 Å². The molecule has 0 bridgehead atoms. The van der Waals surface area contributed by atoms with Crippen LogP contribution in [0.4, 0.5) is 24.5 Å². The van der Waals surface area contributed by atoms with E-state index in [1.54, 1.807) is 18.2 Å². The van der Waals surface area contributed by atoms with Gasteiger partial charge in [0.2, 0.25) is 0 Å². The third-order valence-corrected chi connectivity index (χ3v) is 4.88. The van der Waals surface area contributed by atoms with Crippen LogP contribution in [0.1, 0.15) is 5.56 Å². The summed E-state index contributed by atoms with van der Waals surface area (Å²) < 4.78 is 44.9. The fraction of sp³-hybridized carbons (Fsp3) is 0.316. The van der Waals surface area contributed by atoms with Gasteiger partial charge in [-0.3, -0.25) is 4.79 Å². The van der Waals surface area contributed by atoms with E-state index < -0.39 is 24.3 Å². The summed E-state index contributed by atoms with van der Waals surface area (Å²) >= 11 is 5.95. The molecule has 1 aromatic heterocycles. The van der Waals surface area contributed by atoms with Crippen molar-refractivity contribution in [1.82, 2.24) is 15.2 Å². The first-order valence-corrected chi connectivity index (χ1v) is 9.67. The van der Waals surface area contributed by atoms with E-state index in [0.717, 1.165) is 17.0 Å². The van der Waals surface area contributed by atoms with Gasteiger partial charge >= 0.3 is 6.18 Å². The number of ether oxygens (including phenoxy) is 1. The molecule has 1 fully saturated rings. The Labute approximate surface area is 179 Å². The predicted molar refractivity (Wildman–Crippen MR) is 107 cm³/mol. The number of nitrogens with one attached hydrogen (secondary N) is 1. The van der Waals surface area contributed by atoms with Crippen LogP contribution < -0.4 is 15.1 Å². The third kappa shape index (κ3) is 4.83. The highest BCUT2D eigenvalue weighted by Gasteiger charge is 2.32. The zero-order valence-electron chi connectivity index (χ0n) is 16.0. The standard InChI is InChI=1S/C19H17ClF3N5O3/c20-13-2-3-14-17(10-13)28(26-25-14)31-11-18(29)24-15-9-12(19(21,22)23)1-4-16(15)27-5-7-30-8-6-27/h1-4,9-10H,5-8,11H2,(H,24,29). The number of carbonyl (C=O) groups excluding carboxylic acids is 1. The summed E-state index contributed by atoms with van der Waals surface area (Å²) in [6, 6.07) is 8.09. The van der Waals surface area contributed by atoms with Gasteiger partial charge in [-0.2, -0.15) is 13.2 Å². The predicted octanol–water partition coefficient (Wildman–Crippen LogP) is 3.01. The summed E-state index contributed by atoms with van der Waals surface area (Å²) in [4.78, 5) is 20.7. The Morgan fingerprint density at radius 2 is 1.97 bits per heavy atom. The monoisotopic (exact) mass is 455 g/mol. The zero-order chi connectivity index (χ0) is 22.0. The number of hydrogen-bond acceptors (Lipinski definition) is 6. The summed E-state index contributed by atoms with van der Waals surface area (Å²) in [5.41, 5.74) is 0.614. The van der Waals surface area contributed by atoms with E-state index in [0.29, 0.717) is 48.0 Å². The van der Waals surface area contributed by atoms with E-state index in [4.69, 9.17) is 21.2 Å². The van der Waals surface area contributed by atoms with Gasteiger partial charge in [0.15, 0.2) is 6.61 Å². The van der Waals surface area contributed by atoms with Crippen LogP contribution >= 0.6 is 11.6 Å². The smallest absolute Gasteiger partial charge is 0.385 e. The van der Waals surface area contributed by atoms with Crippen molar-refractivity contribution < 1.29 is 27.5 Å². The number of fused-ring (bicyclic) bond motifs is 1. The summed E-state index contributed by atoms with van der Waals surface area (Å²) in [6.07, 6.45) is -4.54. The number of benzene rings is 2. The Morgan fingerprint density at radius 1 is 1.19 bits per heavy atom. The first-order chi connectivity index (χ1) is 14.8. The Morgan fingerprint density at radius 3 is 2.71 bits per heavy atom. The second-order valence-electron chi connectivity index (χ2n) is 6.75. The molecule has 31 heavy (non-hydrogen) atoms. The molecule has 1 aliphatic rings. The van der Waals surface area contributed by atoms with Gasteiger partial charge in [0.05, 0.1) is 30.2 Å². The van der Waals surface area contributed by atoms with Crippen LogP contribution in [0.5, 0.6) is 0 Å². The van der Waals surface area contributed by atoms with Crippen LogP contribution in [0.15, 0.2) is 36.4 Å². The molecule has 0 unspecified atom stereocenters. The summed E-state index contributed by atoms with van der Waals surface area (Å²) in [7, 11) is 0. The molecule has 4 rings (SSSR count). The van der Waals surface area contributed by atoms with Gasteiger partial charge in [-0.25, -0.2) is 0 Å². The van der Waals surface area contributed by atoms with E-state index in [1.165, 1.54) is 6.07 Å². The normalized spacial score (nSPS) is 14.6. The van der Waals surface area contributed by atoms with Gasteiger partial charge in [0, 0.05) is 18.1 Å². The van der Waals surface area contributed by atoms with Gasteiger partial charge in [-0.15, -0.1) is 5.10 Å². The maximum atomic E-state index is 13.2. The molecule has 0 saturated carbocycles. The number of hydrogen-bond donors (Lipinski definition) is 1. The molecule has 1 aliphatic heterocycles. The first-order valence-electron chi connectivity index (χ1n) is 9.29. The molecular formula is C19H17ClF3N5O3. The van der Waals surface area contributed by atoms with E-state index in [-0.39, 0.29) is 5.69 Å². The minimum atomic E-state index is -4.54. The lowest BCUT2D eigenvalue weighted by Crippen LogP contribution is -2.37. The highest BCUT2D eigenvalue weighted by molar-refractivity contribution is 6.31. The van der Waals surface area contributed by atoms with Crippen LogP contribution in [0.2, 0.25) is 5.02 Å². The minimum Gasteiger partial charge on any atom is -0.385 e. The first kappa shape index (κ1) is 21.2. The fourth-order valence-corrected chi connectivity index (χ4v) is 3.33. The Hall–Kier alpha value is -3.05. The molecule has 2 aromatic carbocycles. The lowest BCUT2D eigenvalue weighted by molar-refractivity contribution is -0.137. The quantitative estimate of drug-likeness (QED) is 0.637. The molecule has 12 heteroatoms. The molecule has 1 saturated heterocycles. The minimum absolute atomic E-state index is 0.0387. The molecule has 0 spiro atoms. The molecule has 164 valence electrons. The maximum Gasteiger partial charge on any atom is 0.416 e. The molecule has 8 nitrogen and oxygen atoms in total. The number of carbonyl (C=O) groups is 1. The van der Waals surface area contributed by atoms with Crippen LogP contribution in [0, 0.1) is 0 Å². The zero-order valence-corrected chi connectivity index (χ0v) is 16.8. The number of nitrogens with zero attached hydrogens (tertiary/aromatic N) is 4. The molecular weight excluding hydrogens is 439 g/mol. The maximum absolute atomic E-state index is 13.2. The van der Waals surface area contributed by atoms with Crippen molar-refractivity contribution in [3.8, 4) is 0 Å². The fourth-order valence-electron chi connectivity index (χ4n) is 3.17. The molecule has 2 heterocycles. The lowest BCUT2D eigenvalue weighted by Gasteiger charge is -2.31. The lowest BCUT2D eigenvalue weighted by atomic mass is 10.1. The van der Waals surface area contributed by atoms with Gasteiger partial charge in [0.1, 0.15) is 11.0 Å². The number of alkyl halides is 3. The SMILES string of the molecule is O=C(COn1nnc2ccc(Cl)cc21)Nc1cc(C(F)(F)F)ccc1N1CCOCC1. The average molecular weight is 456 g/mol. The van der Waals surface area contributed by atoms with E-state index in [1.807, 2.05) is 4.90 Å². The van der Waals surface area contributed by atoms with Gasteiger partial charge in [0.25, 0.3) is 5.91 Å². The number of morpholine rings is 1. The van der Waals surface area contributed by atoms with Gasteiger partial charge in [-0.05, 0) is 41.6 Å². The highest BCUT2D eigenvalue weighted by atomic mass is 35.5. The summed E-state index contributed by atoms with van der Waals surface area (Å²) in [6.45, 7) is 1.38. The van der Waals surface area contributed by atoms with Crippen LogP contribution in [0.3, 0.4) is 0 Å². The number of rotatable bonds is 5. The number of amides is 1. The number of anilines is 2. The van der Waals surface area contributed by atoms with Crippen molar-refractivity contribution in [2.24, 2.45) is 0 Å². The average Bonchev–Trinajstić information content (AvgIpc) is 3.14. The second-order valence-corrected chi connectivity index (χ2v) is 7.18. The highest BCUT2D eigenvalue weighted by Crippen LogP contribution is 2.35. The van der Waals surface area contributed by atoms with Gasteiger partial charge < -0.3 is 19.8 Å². The van der Waals surface area contributed by atoms with Crippen molar-refractivity contribution in [3.05, 3.63) is 47.0 Å². The molecule has 0 aliphatic carbocycles. The number of halogens is 4. The largest absolute Gasteiger partial charge is 0.416 e. The Balaban J connectivity index is 1.52. The molecule has 1 N–H and O–H groups in total. The Bertz CT molecular complexity index is 1100. The molecule has 1 amide bonds. The van der Waals surface area contributed by atoms with Crippen molar-refractivity contribution in [2.75, 3.05) is 43.1 Å². The third-order valence-electron chi connectivity index (χ3n) is 4.64. The topological polar surface area (TPSA) is 81.5 Å². The van der Waals surface area contributed by atoms with Crippen molar-refractivity contribution in [2.45, 2.75) is 6.18 Å². The van der Waals surface area contributed by atoms with Crippen LogP contribution in [-0.2, 0) is 15.7 Å². The molecule has 0 atom stereocenters. The molecule has 3 aromatic rings. The van der Waals surface area contributed by atoms with Crippen molar-refractivity contribution in [1.29, 1.82) is 0 Å². The number of aromatic nitrogens is 3. The van der Waals surface area contributed by atoms with Crippen molar-refractivity contribution >= 4 is 39.9 Å². The van der Waals surface area contributed by atoms with Crippen LogP contribution in [-0.4, -0.2) is 54.0 Å². The van der Waals surface area contributed by atoms with Crippen LogP contribution in [0.25, 0.3) is 11.0 Å².